The molecule has 0 amide bonds. The van der Waals surface area contributed by atoms with E-state index < -0.39 is 5.13 Å². The molecule has 0 aromatic rings. The summed E-state index contributed by atoms with van der Waals surface area (Å²) in [4.78, 5) is 0. The number of rotatable bonds is 0. The van der Waals surface area contributed by atoms with Crippen LogP contribution in [0.5, 0.6) is 0 Å². The van der Waals surface area contributed by atoms with E-state index in [1.165, 1.54) is 0 Å². The molecule has 0 bridgehead atoms. The first-order chi connectivity index (χ1) is 3.75. The molecule has 0 radical (unpaired) electrons. The van der Waals surface area contributed by atoms with Crippen LogP contribution in [0.25, 0.3) is 0 Å². The Kier molecular flexibility index (Phi) is 1.05. The Morgan fingerprint density at radius 1 is 1.00 bits per heavy atom. The normalized spacial score (nSPS) is 34.0. The fraction of sp³-hybridized carbons (Fsp3) is 1.00. The van der Waals surface area contributed by atoms with Crippen molar-refractivity contribution in [3.8, 4) is 0 Å². The molecule has 54 valence electrons. The van der Waals surface area contributed by atoms with Gasteiger partial charge in [0.2, 0.25) is 0 Å². The maximum absolute atomic E-state index is 13.1. The van der Waals surface area contributed by atoms with Gasteiger partial charge in [-0.1, -0.05) is 39.3 Å². The molecular weight excluding hydrogens is 139 g/mol. The quantitative estimate of drug-likeness (QED) is 0.466. The van der Waals surface area contributed by atoms with Crippen LogP contribution < -0.4 is 0 Å². The monoisotopic (exact) mass is 150 g/mol. The second-order valence-corrected chi connectivity index (χ2v) is 4.35. The van der Waals surface area contributed by atoms with Gasteiger partial charge in [-0.25, -0.2) is 4.39 Å². The van der Waals surface area contributed by atoms with Crippen molar-refractivity contribution in [2.75, 3.05) is 0 Å². The molecule has 0 nitrogen and oxygen atoms in total. The van der Waals surface area contributed by atoms with Crippen molar-refractivity contribution in [3.05, 3.63) is 0 Å². The smallest absolute Gasteiger partial charge is 0.195 e. The summed E-state index contributed by atoms with van der Waals surface area (Å²) in [5.74, 6) is 0. The van der Waals surface area contributed by atoms with Crippen LogP contribution in [0.3, 0.4) is 0 Å². The van der Waals surface area contributed by atoms with E-state index in [4.69, 9.17) is 11.6 Å². The summed E-state index contributed by atoms with van der Waals surface area (Å²) in [5, 5.41) is -1.49. The van der Waals surface area contributed by atoms with Crippen molar-refractivity contribution >= 4 is 11.6 Å². The van der Waals surface area contributed by atoms with E-state index in [2.05, 4.69) is 0 Å². The summed E-state index contributed by atoms with van der Waals surface area (Å²) in [7, 11) is 0. The molecule has 1 aliphatic carbocycles. The second kappa shape index (κ2) is 1.29. The van der Waals surface area contributed by atoms with Crippen LogP contribution in [0.2, 0.25) is 0 Å². The Bertz CT molecular complexity index is 106. The van der Waals surface area contributed by atoms with E-state index in [1.807, 2.05) is 27.7 Å². The Balaban J connectivity index is 2.91. The highest BCUT2D eigenvalue weighted by Crippen LogP contribution is 2.75. The average Bonchev–Trinajstić information content (AvgIpc) is 1.84. The Hall–Kier alpha value is 0.220. The van der Waals surface area contributed by atoms with Crippen LogP contribution >= 0.6 is 11.6 Å². The van der Waals surface area contributed by atoms with E-state index in [0.717, 1.165) is 0 Å². The van der Waals surface area contributed by atoms with E-state index >= 15 is 0 Å². The zero-order valence-corrected chi connectivity index (χ0v) is 7.01. The van der Waals surface area contributed by atoms with Gasteiger partial charge in [0, 0.05) is 10.8 Å². The third-order valence-electron chi connectivity index (χ3n) is 3.07. The van der Waals surface area contributed by atoms with Crippen LogP contribution in [-0.4, -0.2) is 5.13 Å². The first-order valence-electron chi connectivity index (χ1n) is 3.13. The molecule has 0 aliphatic heterocycles. The topological polar surface area (TPSA) is 0 Å². The highest BCUT2D eigenvalue weighted by Gasteiger charge is 2.78. The number of alkyl halides is 2. The fourth-order valence-electron chi connectivity index (χ4n) is 1.18. The van der Waals surface area contributed by atoms with Crippen LogP contribution in [0.15, 0.2) is 0 Å². The molecule has 0 aromatic heterocycles. The fourth-order valence-corrected chi connectivity index (χ4v) is 1.60. The number of halogens is 2. The third kappa shape index (κ3) is 0.500. The maximum Gasteiger partial charge on any atom is 0.195 e. The van der Waals surface area contributed by atoms with Crippen molar-refractivity contribution in [1.82, 2.24) is 0 Å². The van der Waals surface area contributed by atoms with Crippen LogP contribution in [0, 0.1) is 10.8 Å². The molecule has 0 saturated heterocycles. The Morgan fingerprint density at radius 3 is 1.11 bits per heavy atom. The van der Waals surface area contributed by atoms with E-state index in [9.17, 15) is 4.39 Å². The van der Waals surface area contributed by atoms with Crippen LogP contribution in [0.4, 0.5) is 4.39 Å². The van der Waals surface area contributed by atoms with Gasteiger partial charge in [0.25, 0.3) is 0 Å². The SMILES string of the molecule is CC1(C)C(C)(C)C1(F)Cl. The highest BCUT2D eigenvalue weighted by molar-refractivity contribution is 6.26. The largest absolute Gasteiger partial charge is 0.225 e. The minimum Gasteiger partial charge on any atom is -0.225 e. The van der Waals surface area contributed by atoms with Crippen molar-refractivity contribution in [2.45, 2.75) is 32.8 Å². The van der Waals surface area contributed by atoms with Gasteiger partial charge in [-0.15, -0.1) is 0 Å². The van der Waals surface area contributed by atoms with Gasteiger partial charge >= 0.3 is 0 Å². The third-order valence-corrected chi connectivity index (χ3v) is 4.01. The molecule has 0 atom stereocenters. The molecule has 0 unspecified atom stereocenters. The summed E-state index contributed by atoms with van der Waals surface area (Å²) in [6, 6.07) is 0. The summed E-state index contributed by atoms with van der Waals surface area (Å²) in [6.45, 7) is 7.39. The predicted octanol–water partition coefficient (Wildman–Crippen LogP) is 2.96. The first-order valence-corrected chi connectivity index (χ1v) is 3.51. The highest BCUT2D eigenvalue weighted by atomic mass is 35.5. The molecule has 0 N–H and O–H groups in total. The van der Waals surface area contributed by atoms with Crippen molar-refractivity contribution < 1.29 is 4.39 Å². The average molecular weight is 151 g/mol. The summed E-state index contributed by atoms with van der Waals surface area (Å²) in [6.07, 6.45) is 0. The molecular formula is C7H12ClF. The predicted molar refractivity (Wildman–Crippen MR) is 37.3 cm³/mol. The van der Waals surface area contributed by atoms with E-state index in [0.29, 0.717) is 0 Å². The van der Waals surface area contributed by atoms with Gasteiger partial charge in [-0.2, -0.15) is 0 Å². The molecule has 2 heteroatoms. The zero-order chi connectivity index (χ0) is 7.50. The molecule has 1 rings (SSSR count). The molecule has 0 heterocycles. The van der Waals surface area contributed by atoms with Crippen molar-refractivity contribution in [1.29, 1.82) is 0 Å². The van der Waals surface area contributed by atoms with Gasteiger partial charge in [0.05, 0.1) is 0 Å². The van der Waals surface area contributed by atoms with Gasteiger partial charge in [0.1, 0.15) is 0 Å². The lowest BCUT2D eigenvalue weighted by atomic mass is 10.0. The maximum atomic E-state index is 13.1. The lowest BCUT2D eigenvalue weighted by Crippen LogP contribution is -1.98. The van der Waals surface area contributed by atoms with Crippen molar-refractivity contribution in [3.63, 3.8) is 0 Å². The second-order valence-electron chi connectivity index (χ2n) is 3.82. The standard InChI is InChI=1S/C7H12ClF/c1-5(2)6(3,4)7(5,8)9/h1-4H3. The Labute approximate surface area is 60.4 Å². The zero-order valence-electron chi connectivity index (χ0n) is 6.26. The molecule has 1 fully saturated rings. The number of hydrogen-bond donors (Lipinski definition) is 0. The summed E-state index contributed by atoms with van der Waals surface area (Å²) in [5.41, 5.74) is -0.719. The summed E-state index contributed by atoms with van der Waals surface area (Å²) < 4.78 is 13.1. The van der Waals surface area contributed by atoms with Gasteiger partial charge in [0.15, 0.2) is 5.13 Å². The van der Waals surface area contributed by atoms with E-state index in [1.54, 1.807) is 0 Å². The van der Waals surface area contributed by atoms with Crippen LogP contribution in [-0.2, 0) is 0 Å². The molecule has 1 aliphatic rings. The van der Waals surface area contributed by atoms with Gasteiger partial charge in [-0.05, 0) is 0 Å². The molecule has 1 saturated carbocycles. The minimum absolute atomic E-state index is 0.360. The van der Waals surface area contributed by atoms with Crippen molar-refractivity contribution in [2.24, 2.45) is 10.8 Å². The van der Waals surface area contributed by atoms with Gasteiger partial charge in [-0.3, -0.25) is 0 Å². The summed E-state index contributed by atoms with van der Waals surface area (Å²) >= 11 is 5.56. The first kappa shape index (κ1) is 7.33. The molecule has 0 aromatic carbocycles. The Morgan fingerprint density at radius 2 is 1.11 bits per heavy atom. The molecule has 0 spiro atoms. The lowest BCUT2D eigenvalue weighted by Gasteiger charge is -2.00. The number of hydrogen-bond acceptors (Lipinski definition) is 0. The molecule has 9 heavy (non-hydrogen) atoms. The minimum atomic E-state index is -1.49. The van der Waals surface area contributed by atoms with Crippen LogP contribution in [0.1, 0.15) is 27.7 Å². The van der Waals surface area contributed by atoms with Gasteiger partial charge < -0.3 is 0 Å². The lowest BCUT2D eigenvalue weighted by molar-refractivity contribution is 0.336. The van der Waals surface area contributed by atoms with E-state index in [-0.39, 0.29) is 10.8 Å².